The first-order chi connectivity index (χ1) is 9.63. The molecule has 0 aliphatic carbocycles. The smallest absolute Gasteiger partial charge is 0.258 e. The van der Waals surface area contributed by atoms with Crippen LogP contribution in [0.25, 0.3) is 23.0 Å². The molecule has 0 saturated heterocycles. The first kappa shape index (κ1) is 12.3. The normalized spacial score (nSPS) is 10.7. The minimum Gasteiger partial charge on any atom is -0.384 e. The lowest BCUT2D eigenvalue weighted by molar-refractivity contribution is 0.432. The number of pyridine rings is 2. The van der Waals surface area contributed by atoms with Crippen molar-refractivity contribution in [2.45, 2.75) is 13.8 Å². The maximum Gasteiger partial charge on any atom is 0.258 e. The number of aromatic nitrogens is 4. The van der Waals surface area contributed by atoms with E-state index >= 15 is 0 Å². The third-order valence-electron chi connectivity index (χ3n) is 2.88. The van der Waals surface area contributed by atoms with Crippen molar-refractivity contribution in [3.05, 3.63) is 41.7 Å². The molecule has 6 heteroatoms. The van der Waals surface area contributed by atoms with Gasteiger partial charge in [-0.05, 0) is 37.1 Å². The largest absolute Gasteiger partial charge is 0.384 e. The number of aryl methyl sites for hydroxylation is 2. The second-order valence-electron chi connectivity index (χ2n) is 4.57. The van der Waals surface area contributed by atoms with E-state index in [-0.39, 0.29) is 0 Å². The molecule has 100 valence electrons. The van der Waals surface area contributed by atoms with Gasteiger partial charge in [0.1, 0.15) is 11.5 Å². The van der Waals surface area contributed by atoms with Gasteiger partial charge in [-0.15, -0.1) is 0 Å². The zero-order chi connectivity index (χ0) is 14.1. The Bertz CT molecular complexity index is 766. The van der Waals surface area contributed by atoms with E-state index in [1.807, 2.05) is 19.9 Å². The van der Waals surface area contributed by atoms with Crippen LogP contribution in [-0.2, 0) is 0 Å². The summed E-state index contributed by atoms with van der Waals surface area (Å²) in [4.78, 5) is 12.6. The molecule has 3 aromatic rings. The predicted molar refractivity (Wildman–Crippen MR) is 74.6 cm³/mol. The monoisotopic (exact) mass is 267 g/mol. The van der Waals surface area contributed by atoms with Crippen molar-refractivity contribution < 1.29 is 4.52 Å². The summed E-state index contributed by atoms with van der Waals surface area (Å²) in [5.74, 6) is 1.27. The van der Waals surface area contributed by atoms with Crippen LogP contribution in [0.1, 0.15) is 11.1 Å². The lowest BCUT2D eigenvalue weighted by Crippen LogP contribution is -1.92. The van der Waals surface area contributed by atoms with Gasteiger partial charge in [0.25, 0.3) is 5.89 Å². The van der Waals surface area contributed by atoms with Crippen molar-refractivity contribution in [3.63, 3.8) is 0 Å². The van der Waals surface area contributed by atoms with Crippen molar-refractivity contribution in [1.82, 2.24) is 20.1 Å². The molecule has 20 heavy (non-hydrogen) atoms. The molecule has 0 aromatic carbocycles. The second kappa shape index (κ2) is 4.73. The number of nitrogen functional groups attached to an aromatic ring is 1. The van der Waals surface area contributed by atoms with E-state index in [0.717, 1.165) is 16.7 Å². The van der Waals surface area contributed by atoms with Crippen molar-refractivity contribution >= 4 is 5.82 Å². The minimum atomic E-state index is 0.399. The molecular weight excluding hydrogens is 254 g/mol. The highest BCUT2D eigenvalue weighted by Crippen LogP contribution is 2.23. The zero-order valence-corrected chi connectivity index (χ0v) is 11.2. The van der Waals surface area contributed by atoms with Crippen LogP contribution in [0.15, 0.2) is 35.1 Å². The highest BCUT2D eigenvalue weighted by atomic mass is 16.5. The van der Waals surface area contributed by atoms with E-state index < -0.39 is 0 Å². The van der Waals surface area contributed by atoms with Gasteiger partial charge in [0.05, 0.1) is 0 Å². The van der Waals surface area contributed by atoms with Gasteiger partial charge in [0.15, 0.2) is 0 Å². The van der Waals surface area contributed by atoms with Crippen LogP contribution < -0.4 is 5.73 Å². The quantitative estimate of drug-likeness (QED) is 0.766. The number of rotatable bonds is 2. The Morgan fingerprint density at radius 3 is 2.75 bits per heavy atom. The molecule has 0 bridgehead atoms. The maximum absolute atomic E-state index is 5.64. The Labute approximate surface area is 115 Å². The molecule has 0 saturated carbocycles. The predicted octanol–water partition coefficient (Wildman–Crippen LogP) is 2.39. The van der Waals surface area contributed by atoms with E-state index in [4.69, 9.17) is 10.3 Å². The van der Waals surface area contributed by atoms with Gasteiger partial charge in [0.2, 0.25) is 5.82 Å². The lowest BCUT2D eigenvalue weighted by atomic mass is 10.1. The second-order valence-corrected chi connectivity index (χ2v) is 4.57. The summed E-state index contributed by atoms with van der Waals surface area (Å²) in [5, 5.41) is 3.97. The molecule has 0 spiro atoms. The van der Waals surface area contributed by atoms with Crippen molar-refractivity contribution in [3.8, 4) is 23.0 Å². The molecule has 6 nitrogen and oxygen atoms in total. The Morgan fingerprint density at radius 1 is 1.15 bits per heavy atom. The summed E-state index contributed by atoms with van der Waals surface area (Å²) in [6.45, 7) is 3.96. The van der Waals surface area contributed by atoms with Crippen LogP contribution in [0.5, 0.6) is 0 Å². The third-order valence-corrected chi connectivity index (χ3v) is 2.88. The molecule has 0 aliphatic heterocycles. The number of hydrogen-bond donors (Lipinski definition) is 1. The molecule has 0 fully saturated rings. The molecule has 3 heterocycles. The average molecular weight is 267 g/mol. The topological polar surface area (TPSA) is 90.7 Å². The number of anilines is 1. The van der Waals surface area contributed by atoms with E-state index in [9.17, 15) is 0 Å². The summed E-state index contributed by atoms with van der Waals surface area (Å²) in [6.07, 6.45) is 3.38. The van der Waals surface area contributed by atoms with Gasteiger partial charge in [-0.1, -0.05) is 11.2 Å². The summed E-state index contributed by atoms with van der Waals surface area (Å²) in [7, 11) is 0. The van der Waals surface area contributed by atoms with Crippen LogP contribution in [0.2, 0.25) is 0 Å². The molecule has 3 rings (SSSR count). The lowest BCUT2D eigenvalue weighted by Gasteiger charge is -2.00. The first-order valence-corrected chi connectivity index (χ1v) is 6.13. The highest BCUT2D eigenvalue weighted by Gasteiger charge is 2.13. The average Bonchev–Trinajstić information content (AvgIpc) is 2.88. The van der Waals surface area contributed by atoms with Gasteiger partial charge in [-0.2, -0.15) is 4.98 Å². The highest BCUT2D eigenvalue weighted by molar-refractivity contribution is 5.61. The van der Waals surface area contributed by atoms with Gasteiger partial charge < -0.3 is 10.3 Å². The molecule has 0 atom stereocenters. The fourth-order valence-corrected chi connectivity index (χ4v) is 1.97. The molecule has 2 N–H and O–H groups in total. The van der Waals surface area contributed by atoms with Gasteiger partial charge in [-0.3, -0.25) is 4.98 Å². The Morgan fingerprint density at radius 2 is 2.00 bits per heavy atom. The summed E-state index contributed by atoms with van der Waals surface area (Å²) >= 11 is 0. The van der Waals surface area contributed by atoms with Crippen molar-refractivity contribution in [1.29, 1.82) is 0 Å². The Hall–Kier alpha value is -2.76. The molecule has 0 amide bonds. The summed E-state index contributed by atoms with van der Waals surface area (Å²) in [5.41, 5.74) is 9.19. The zero-order valence-electron chi connectivity index (χ0n) is 11.2. The van der Waals surface area contributed by atoms with E-state index in [1.165, 1.54) is 0 Å². The summed E-state index contributed by atoms with van der Waals surface area (Å²) < 4.78 is 5.26. The van der Waals surface area contributed by atoms with E-state index in [0.29, 0.717) is 23.2 Å². The summed E-state index contributed by atoms with van der Waals surface area (Å²) in [6, 6.07) is 5.48. The standard InChI is InChI=1S/C14H13N5O/c1-8-5-9(2)12(17-7-8)13-18-14(20-19-13)10-3-4-16-11(15)6-10/h3-7H,1-2H3,(H2,15,16). The van der Waals surface area contributed by atoms with Gasteiger partial charge >= 0.3 is 0 Å². The number of nitrogens with two attached hydrogens (primary N) is 1. The maximum atomic E-state index is 5.64. The Balaban J connectivity index is 2.02. The molecule has 0 unspecified atom stereocenters. The Kier molecular flexibility index (Phi) is 2.90. The van der Waals surface area contributed by atoms with E-state index in [2.05, 4.69) is 20.1 Å². The fourth-order valence-electron chi connectivity index (χ4n) is 1.97. The van der Waals surface area contributed by atoms with Crippen LogP contribution in [0, 0.1) is 13.8 Å². The van der Waals surface area contributed by atoms with Crippen LogP contribution >= 0.6 is 0 Å². The molecular formula is C14H13N5O. The van der Waals surface area contributed by atoms with E-state index in [1.54, 1.807) is 24.5 Å². The van der Waals surface area contributed by atoms with Crippen LogP contribution in [0.4, 0.5) is 5.82 Å². The first-order valence-electron chi connectivity index (χ1n) is 6.13. The third kappa shape index (κ3) is 2.23. The van der Waals surface area contributed by atoms with Crippen molar-refractivity contribution in [2.75, 3.05) is 5.73 Å². The van der Waals surface area contributed by atoms with Crippen molar-refractivity contribution in [2.24, 2.45) is 0 Å². The number of nitrogens with zero attached hydrogens (tertiary/aromatic N) is 4. The van der Waals surface area contributed by atoms with Gasteiger partial charge in [-0.25, -0.2) is 4.98 Å². The molecule has 3 aromatic heterocycles. The van der Waals surface area contributed by atoms with Crippen LogP contribution in [-0.4, -0.2) is 20.1 Å². The molecule has 0 aliphatic rings. The fraction of sp³-hybridized carbons (Fsp3) is 0.143. The SMILES string of the molecule is Cc1cnc(-c2noc(-c3ccnc(N)c3)n2)c(C)c1. The minimum absolute atomic E-state index is 0.399. The van der Waals surface area contributed by atoms with Gasteiger partial charge in [0, 0.05) is 18.0 Å². The number of hydrogen-bond acceptors (Lipinski definition) is 6. The molecule has 0 radical (unpaired) electrons. The van der Waals surface area contributed by atoms with Crippen LogP contribution in [0.3, 0.4) is 0 Å².